The van der Waals surface area contributed by atoms with Crippen LogP contribution in [0.15, 0.2) is 36.8 Å². The Morgan fingerprint density at radius 1 is 1.21 bits per heavy atom. The molecular weight excluding hydrogens is 176 g/mol. The summed E-state index contributed by atoms with van der Waals surface area (Å²) in [6.45, 7) is 0. The normalized spacial score (nSPS) is 11.1. The summed E-state index contributed by atoms with van der Waals surface area (Å²) in [6.07, 6.45) is 3.46. The highest BCUT2D eigenvalue weighted by atomic mass is 15.1. The molecule has 0 unspecified atom stereocenters. The molecular formula is C10H8N4. The monoisotopic (exact) mass is 184 g/mol. The summed E-state index contributed by atoms with van der Waals surface area (Å²) in [4.78, 5) is 8.33. The molecule has 2 aromatic heterocycles. The van der Waals surface area contributed by atoms with Gasteiger partial charge in [-0.3, -0.25) is 4.40 Å². The van der Waals surface area contributed by atoms with E-state index in [1.54, 1.807) is 16.9 Å². The zero-order chi connectivity index (χ0) is 9.54. The smallest absolute Gasteiger partial charge is 0.206 e. The van der Waals surface area contributed by atoms with Crippen LogP contribution in [-0.4, -0.2) is 14.4 Å². The van der Waals surface area contributed by atoms with Crippen LogP contribution < -0.4 is 5.73 Å². The van der Waals surface area contributed by atoms with Crippen LogP contribution >= 0.6 is 0 Å². The van der Waals surface area contributed by atoms with E-state index in [1.807, 2.05) is 24.3 Å². The Morgan fingerprint density at radius 2 is 2.07 bits per heavy atom. The Morgan fingerprint density at radius 3 is 3.00 bits per heavy atom. The van der Waals surface area contributed by atoms with Gasteiger partial charge in [-0.15, -0.1) is 0 Å². The van der Waals surface area contributed by atoms with Crippen molar-refractivity contribution in [2.24, 2.45) is 0 Å². The van der Waals surface area contributed by atoms with Gasteiger partial charge < -0.3 is 5.73 Å². The largest absolute Gasteiger partial charge is 0.369 e. The number of aromatic nitrogens is 3. The lowest BCUT2D eigenvalue weighted by atomic mass is 10.2. The summed E-state index contributed by atoms with van der Waals surface area (Å²) in [7, 11) is 0. The fourth-order valence-corrected chi connectivity index (χ4v) is 1.64. The quantitative estimate of drug-likeness (QED) is 0.575. The number of hydrogen-bond acceptors (Lipinski definition) is 3. The number of benzene rings is 1. The fourth-order valence-electron chi connectivity index (χ4n) is 1.64. The number of imidazole rings is 1. The Hall–Kier alpha value is -2.10. The van der Waals surface area contributed by atoms with Crippen molar-refractivity contribution >= 4 is 22.4 Å². The highest BCUT2D eigenvalue weighted by molar-refractivity contribution is 5.93. The van der Waals surface area contributed by atoms with Crippen LogP contribution in [0.5, 0.6) is 0 Å². The topological polar surface area (TPSA) is 56.2 Å². The minimum Gasteiger partial charge on any atom is -0.369 e. The van der Waals surface area contributed by atoms with Crippen LogP contribution in [0, 0.1) is 0 Å². The van der Waals surface area contributed by atoms with E-state index in [0.29, 0.717) is 5.95 Å². The number of hydrogen-bond donors (Lipinski definition) is 1. The summed E-state index contributed by atoms with van der Waals surface area (Å²) >= 11 is 0. The van der Waals surface area contributed by atoms with E-state index in [9.17, 15) is 0 Å². The maximum absolute atomic E-state index is 5.78. The molecule has 0 bridgehead atoms. The van der Waals surface area contributed by atoms with E-state index in [2.05, 4.69) is 9.97 Å². The van der Waals surface area contributed by atoms with Crippen LogP contribution in [0.1, 0.15) is 0 Å². The number of nitrogens with zero attached hydrogens (tertiary/aromatic N) is 3. The van der Waals surface area contributed by atoms with Gasteiger partial charge >= 0.3 is 0 Å². The molecule has 1 aromatic carbocycles. The Labute approximate surface area is 80.0 Å². The molecule has 0 aliphatic carbocycles. The standard InChI is InChI=1S/C10H8N4/c11-10-13-8-4-2-1-3-7(8)9-5-12-6-14(9)10/h1-6H,(H2,11,13). The molecule has 4 nitrogen and oxygen atoms in total. The van der Waals surface area contributed by atoms with Gasteiger partial charge in [-0.2, -0.15) is 0 Å². The molecule has 0 fully saturated rings. The second kappa shape index (κ2) is 2.45. The maximum Gasteiger partial charge on any atom is 0.206 e. The third-order valence-corrected chi connectivity index (χ3v) is 2.30. The molecule has 0 amide bonds. The number of anilines is 1. The number of para-hydroxylation sites is 1. The third kappa shape index (κ3) is 0.821. The molecule has 3 aromatic rings. The van der Waals surface area contributed by atoms with E-state index >= 15 is 0 Å². The van der Waals surface area contributed by atoms with Crippen LogP contribution in [0.2, 0.25) is 0 Å². The van der Waals surface area contributed by atoms with Crippen molar-refractivity contribution < 1.29 is 0 Å². The summed E-state index contributed by atoms with van der Waals surface area (Å²) in [6, 6.07) is 7.88. The highest BCUT2D eigenvalue weighted by Crippen LogP contribution is 2.19. The van der Waals surface area contributed by atoms with Crippen molar-refractivity contribution in [3.05, 3.63) is 36.8 Å². The molecule has 0 aliphatic rings. The fraction of sp³-hybridized carbons (Fsp3) is 0. The third-order valence-electron chi connectivity index (χ3n) is 2.30. The predicted molar refractivity (Wildman–Crippen MR) is 54.9 cm³/mol. The maximum atomic E-state index is 5.78. The number of rotatable bonds is 0. The van der Waals surface area contributed by atoms with E-state index in [0.717, 1.165) is 16.4 Å². The van der Waals surface area contributed by atoms with Gasteiger partial charge in [-0.25, -0.2) is 9.97 Å². The summed E-state index contributed by atoms with van der Waals surface area (Å²) in [5, 5.41) is 1.07. The first-order chi connectivity index (χ1) is 6.86. The van der Waals surface area contributed by atoms with Crippen LogP contribution in [-0.2, 0) is 0 Å². The predicted octanol–water partition coefficient (Wildman–Crippen LogP) is 1.46. The van der Waals surface area contributed by atoms with Gasteiger partial charge in [0, 0.05) is 5.39 Å². The average Bonchev–Trinajstić information content (AvgIpc) is 2.67. The minimum absolute atomic E-state index is 0.469. The van der Waals surface area contributed by atoms with E-state index in [-0.39, 0.29) is 0 Å². The van der Waals surface area contributed by atoms with E-state index < -0.39 is 0 Å². The second-order valence-corrected chi connectivity index (χ2v) is 3.14. The highest BCUT2D eigenvalue weighted by Gasteiger charge is 2.04. The van der Waals surface area contributed by atoms with E-state index in [4.69, 9.17) is 5.73 Å². The van der Waals surface area contributed by atoms with Crippen LogP contribution in [0.3, 0.4) is 0 Å². The molecule has 0 radical (unpaired) electrons. The molecule has 2 heterocycles. The van der Waals surface area contributed by atoms with Crippen molar-refractivity contribution in [1.29, 1.82) is 0 Å². The Bertz CT molecular complexity index is 612. The minimum atomic E-state index is 0.469. The molecule has 0 aliphatic heterocycles. The van der Waals surface area contributed by atoms with Gasteiger partial charge in [-0.05, 0) is 6.07 Å². The van der Waals surface area contributed by atoms with Crippen LogP contribution in [0.25, 0.3) is 16.4 Å². The molecule has 0 atom stereocenters. The van der Waals surface area contributed by atoms with E-state index in [1.165, 1.54) is 0 Å². The van der Waals surface area contributed by atoms with Crippen molar-refractivity contribution in [3.8, 4) is 0 Å². The van der Waals surface area contributed by atoms with Gasteiger partial charge in [0.15, 0.2) is 0 Å². The first-order valence-electron chi connectivity index (χ1n) is 4.32. The molecule has 2 N–H and O–H groups in total. The number of nitrogens with two attached hydrogens (primary N) is 1. The molecule has 0 saturated heterocycles. The van der Waals surface area contributed by atoms with Gasteiger partial charge in [0.1, 0.15) is 6.33 Å². The first kappa shape index (κ1) is 7.32. The van der Waals surface area contributed by atoms with Gasteiger partial charge in [0.05, 0.1) is 17.2 Å². The van der Waals surface area contributed by atoms with Gasteiger partial charge in [-0.1, -0.05) is 18.2 Å². The van der Waals surface area contributed by atoms with Crippen molar-refractivity contribution in [3.63, 3.8) is 0 Å². The second-order valence-electron chi connectivity index (χ2n) is 3.14. The van der Waals surface area contributed by atoms with Crippen molar-refractivity contribution in [2.75, 3.05) is 5.73 Å². The lowest BCUT2D eigenvalue weighted by Crippen LogP contribution is -1.99. The summed E-state index contributed by atoms with van der Waals surface area (Å²) in [5.41, 5.74) is 7.67. The molecule has 3 rings (SSSR count). The SMILES string of the molecule is Nc1nc2ccccc2c2cncn12. The zero-order valence-corrected chi connectivity index (χ0v) is 7.38. The Kier molecular flexibility index (Phi) is 1.28. The van der Waals surface area contributed by atoms with Crippen LogP contribution in [0.4, 0.5) is 5.95 Å². The van der Waals surface area contributed by atoms with Gasteiger partial charge in [0.25, 0.3) is 0 Å². The molecule has 0 saturated carbocycles. The number of fused-ring (bicyclic) bond motifs is 3. The molecule has 4 heteroatoms. The Balaban J connectivity index is 2.66. The molecule has 0 spiro atoms. The molecule has 68 valence electrons. The first-order valence-corrected chi connectivity index (χ1v) is 4.32. The average molecular weight is 184 g/mol. The van der Waals surface area contributed by atoms with Crippen molar-refractivity contribution in [1.82, 2.24) is 14.4 Å². The lowest BCUT2D eigenvalue weighted by molar-refractivity contribution is 1.12. The number of nitrogen functional groups attached to an aromatic ring is 1. The van der Waals surface area contributed by atoms with Gasteiger partial charge in [0.2, 0.25) is 5.95 Å². The summed E-state index contributed by atoms with van der Waals surface area (Å²) < 4.78 is 1.78. The summed E-state index contributed by atoms with van der Waals surface area (Å²) in [5.74, 6) is 0.469. The van der Waals surface area contributed by atoms with Crippen molar-refractivity contribution in [2.45, 2.75) is 0 Å². The zero-order valence-electron chi connectivity index (χ0n) is 7.38. The molecule has 14 heavy (non-hydrogen) atoms. The lowest BCUT2D eigenvalue weighted by Gasteiger charge is -2.02.